The zero-order valence-corrected chi connectivity index (χ0v) is 19.2. The number of rotatable bonds is 5. The van der Waals surface area contributed by atoms with Crippen LogP contribution in [0.15, 0.2) is 75.6 Å². The average molecular weight is 451 g/mol. The van der Waals surface area contributed by atoms with Gasteiger partial charge in [-0.3, -0.25) is 4.98 Å². The van der Waals surface area contributed by atoms with Crippen LogP contribution in [0.25, 0.3) is 0 Å². The summed E-state index contributed by atoms with van der Waals surface area (Å²) >= 11 is 1.70. The Morgan fingerprint density at radius 2 is 1.74 bits per heavy atom. The molecule has 1 aliphatic carbocycles. The van der Waals surface area contributed by atoms with Gasteiger partial charge in [0, 0.05) is 34.1 Å². The summed E-state index contributed by atoms with van der Waals surface area (Å²) < 4.78 is 29.1. The van der Waals surface area contributed by atoms with Gasteiger partial charge in [-0.25, -0.2) is 13.1 Å². The molecule has 160 valence electrons. The van der Waals surface area contributed by atoms with Gasteiger partial charge in [0.25, 0.3) is 0 Å². The third-order valence-corrected chi connectivity index (χ3v) is 9.35. The standard InChI is InChI=1S/C25H26N2O2S2/c1-18-16-21-23(30-22-7-3-2-6-20(22)25(21)11-4-5-12-25)17-24(18)31(28,29)27-15-10-19-8-13-26-14-9-19/h2-3,6-9,13-14,16-17,27H,4-5,10-12,15H2,1H3. The highest BCUT2D eigenvalue weighted by molar-refractivity contribution is 7.99. The number of aryl methyl sites for hydroxylation is 1. The fourth-order valence-electron chi connectivity index (χ4n) is 5.11. The van der Waals surface area contributed by atoms with Gasteiger partial charge >= 0.3 is 0 Å². The van der Waals surface area contributed by atoms with Gasteiger partial charge in [0.2, 0.25) is 10.0 Å². The number of hydrogen-bond donors (Lipinski definition) is 1. The van der Waals surface area contributed by atoms with E-state index in [1.807, 2.05) is 25.1 Å². The Hall–Kier alpha value is -2.15. The molecule has 5 rings (SSSR count). The number of aromatic nitrogens is 1. The van der Waals surface area contributed by atoms with E-state index >= 15 is 0 Å². The van der Waals surface area contributed by atoms with Crippen LogP contribution in [0.5, 0.6) is 0 Å². The summed E-state index contributed by atoms with van der Waals surface area (Å²) in [4.78, 5) is 6.74. The molecule has 31 heavy (non-hydrogen) atoms. The lowest BCUT2D eigenvalue weighted by Gasteiger charge is -2.38. The van der Waals surface area contributed by atoms with Crippen molar-refractivity contribution in [1.82, 2.24) is 9.71 Å². The number of nitrogens with zero attached hydrogens (tertiary/aromatic N) is 1. The molecule has 0 amide bonds. The van der Waals surface area contributed by atoms with Crippen molar-refractivity contribution < 1.29 is 8.42 Å². The summed E-state index contributed by atoms with van der Waals surface area (Å²) in [7, 11) is -3.59. The molecule has 0 bridgehead atoms. The molecule has 1 saturated carbocycles. The summed E-state index contributed by atoms with van der Waals surface area (Å²) in [6.45, 7) is 2.29. The molecule has 1 spiro atoms. The van der Waals surface area contributed by atoms with Crippen molar-refractivity contribution in [3.05, 3.63) is 83.2 Å². The van der Waals surface area contributed by atoms with E-state index in [1.54, 1.807) is 24.2 Å². The Labute approximate surface area is 188 Å². The maximum absolute atomic E-state index is 13.2. The van der Waals surface area contributed by atoms with Crippen LogP contribution < -0.4 is 4.72 Å². The molecule has 3 aromatic rings. The summed E-state index contributed by atoms with van der Waals surface area (Å²) in [5.74, 6) is 0. The van der Waals surface area contributed by atoms with Crippen molar-refractivity contribution >= 4 is 21.8 Å². The third-order valence-electron chi connectivity index (χ3n) is 6.62. The van der Waals surface area contributed by atoms with E-state index in [9.17, 15) is 8.42 Å². The minimum absolute atomic E-state index is 0.0268. The molecule has 1 fully saturated rings. The average Bonchev–Trinajstić information content (AvgIpc) is 3.25. The van der Waals surface area contributed by atoms with Crippen LogP contribution in [0.4, 0.5) is 0 Å². The molecule has 1 N–H and O–H groups in total. The van der Waals surface area contributed by atoms with Crippen LogP contribution in [0.3, 0.4) is 0 Å². The normalized spacial score (nSPS) is 16.8. The van der Waals surface area contributed by atoms with Crippen LogP contribution in [0.2, 0.25) is 0 Å². The first-order valence-electron chi connectivity index (χ1n) is 10.8. The monoisotopic (exact) mass is 450 g/mol. The fraction of sp³-hybridized carbons (Fsp3) is 0.320. The molecule has 6 heteroatoms. The second-order valence-electron chi connectivity index (χ2n) is 8.50. The first-order chi connectivity index (χ1) is 15.0. The lowest BCUT2D eigenvalue weighted by Crippen LogP contribution is -2.30. The minimum Gasteiger partial charge on any atom is -0.265 e. The highest BCUT2D eigenvalue weighted by Gasteiger charge is 2.43. The number of nitrogens with one attached hydrogen (secondary N) is 1. The van der Waals surface area contributed by atoms with Gasteiger partial charge in [-0.15, -0.1) is 0 Å². The van der Waals surface area contributed by atoms with E-state index in [1.165, 1.54) is 28.9 Å². The van der Waals surface area contributed by atoms with E-state index in [0.29, 0.717) is 17.9 Å². The van der Waals surface area contributed by atoms with E-state index in [0.717, 1.165) is 28.9 Å². The van der Waals surface area contributed by atoms with Gasteiger partial charge in [-0.1, -0.05) is 48.9 Å². The van der Waals surface area contributed by atoms with Crippen molar-refractivity contribution in [3.8, 4) is 0 Å². The number of sulfonamides is 1. The fourth-order valence-corrected chi connectivity index (χ4v) is 7.76. The van der Waals surface area contributed by atoms with Gasteiger partial charge in [-0.05, 0) is 72.7 Å². The molecule has 0 radical (unpaired) electrons. The van der Waals surface area contributed by atoms with Crippen molar-refractivity contribution in [2.45, 2.75) is 59.1 Å². The molecule has 0 unspecified atom stereocenters. The van der Waals surface area contributed by atoms with Crippen molar-refractivity contribution in [3.63, 3.8) is 0 Å². The molecule has 2 aromatic carbocycles. The van der Waals surface area contributed by atoms with E-state index < -0.39 is 10.0 Å². The smallest absolute Gasteiger partial charge is 0.240 e. The summed E-state index contributed by atoms with van der Waals surface area (Å²) in [5.41, 5.74) is 4.63. The lowest BCUT2D eigenvalue weighted by atomic mass is 9.72. The molecule has 1 aliphatic heterocycles. The molecule has 0 atom stereocenters. The highest BCUT2D eigenvalue weighted by atomic mass is 32.2. The zero-order valence-electron chi connectivity index (χ0n) is 17.6. The minimum atomic E-state index is -3.59. The van der Waals surface area contributed by atoms with Crippen molar-refractivity contribution in [1.29, 1.82) is 0 Å². The Morgan fingerprint density at radius 3 is 2.52 bits per heavy atom. The lowest BCUT2D eigenvalue weighted by molar-refractivity contribution is 0.509. The number of benzene rings is 2. The molecule has 0 saturated heterocycles. The first kappa shape index (κ1) is 20.7. The second kappa shape index (κ2) is 8.08. The zero-order chi connectivity index (χ0) is 21.5. The van der Waals surface area contributed by atoms with Gasteiger partial charge in [0.05, 0.1) is 4.90 Å². The molecular weight excluding hydrogens is 424 g/mol. The van der Waals surface area contributed by atoms with E-state index in [4.69, 9.17) is 0 Å². The number of hydrogen-bond acceptors (Lipinski definition) is 4. The molecule has 2 heterocycles. The van der Waals surface area contributed by atoms with E-state index in [-0.39, 0.29) is 5.41 Å². The van der Waals surface area contributed by atoms with Crippen LogP contribution in [0, 0.1) is 6.92 Å². The predicted molar refractivity (Wildman–Crippen MR) is 124 cm³/mol. The molecular formula is C25H26N2O2S2. The highest BCUT2D eigenvalue weighted by Crippen LogP contribution is 2.56. The Bertz CT molecular complexity index is 1220. The SMILES string of the molecule is Cc1cc2c(cc1S(=O)(=O)NCCc1ccncc1)Sc1ccccc1C21CCCC1. The Morgan fingerprint density at radius 1 is 1.00 bits per heavy atom. The first-order valence-corrected chi connectivity index (χ1v) is 13.1. The largest absolute Gasteiger partial charge is 0.265 e. The van der Waals surface area contributed by atoms with Crippen LogP contribution in [0.1, 0.15) is 47.9 Å². The van der Waals surface area contributed by atoms with Crippen LogP contribution in [-0.4, -0.2) is 19.9 Å². The van der Waals surface area contributed by atoms with Gasteiger partial charge in [0.1, 0.15) is 0 Å². The maximum atomic E-state index is 13.2. The van der Waals surface area contributed by atoms with Crippen LogP contribution >= 0.6 is 11.8 Å². The molecule has 1 aromatic heterocycles. The predicted octanol–water partition coefficient (Wildman–Crippen LogP) is 5.24. The van der Waals surface area contributed by atoms with Gasteiger partial charge < -0.3 is 0 Å². The van der Waals surface area contributed by atoms with Crippen molar-refractivity contribution in [2.75, 3.05) is 6.54 Å². The summed E-state index contributed by atoms with van der Waals surface area (Å²) in [5, 5.41) is 0. The maximum Gasteiger partial charge on any atom is 0.240 e. The quantitative estimate of drug-likeness (QED) is 0.578. The topological polar surface area (TPSA) is 59.1 Å². The van der Waals surface area contributed by atoms with Crippen molar-refractivity contribution in [2.24, 2.45) is 0 Å². The summed E-state index contributed by atoms with van der Waals surface area (Å²) in [6.07, 6.45) is 8.79. The summed E-state index contributed by atoms with van der Waals surface area (Å²) in [6, 6.07) is 16.5. The van der Waals surface area contributed by atoms with Crippen LogP contribution in [-0.2, 0) is 21.9 Å². The Kier molecular flexibility index (Phi) is 5.40. The van der Waals surface area contributed by atoms with Gasteiger partial charge in [0.15, 0.2) is 0 Å². The number of pyridine rings is 1. The van der Waals surface area contributed by atoms with E-state index in [2.05, 4.69) is 40.0 Å². The molecule has 4 nitrogen and oxygen atoms in total. The van der Waals surface area contributed by atoms with Gasteiger partial charge in [-0.2, -0.15) is 0 Å². The Balaban J connectivity index is 1.48. The third kappa shape index (κ3) is 3.71. The second-order valence-corrected chi connectivity index (χ2v) is 11.3. The molecule has 2 aliphatic rings. The number of fused-ring (bicyclic) bond motifs is 4.